The summed E-state index contributed by atoms with van der Waals surface area (Å²) in [7, 11) is 1.67. The topological polar surface area (TPSA) is 66.4 Å². The van der Waals surface area contributed by atoms with Crippen LogP contribution in [0.2, 0.25) is 0 Å². The van der Waals surface area contributed by atoms with Gasteiger partial charge in [-0.2, -0.15) is 0 Å². The monoisotopic (exact) mass is 476 g/mol. The van der Waals surface area contributed by atoms with Crippen molar-refractivity contribution in [2.75, 3.05) is 46.4 Å². The fraction of sp³-hybridized carbons (Fsp3) is 0.556. The molecule has 7 nitrogen and oxygen atoms in total. The third-order valence-corrected chi connectivity index (χ3v) is 4.03. The Morgan fingerprint density at radius 3 is 2.42 bits per heavy atom. The van der Waals surface area contributed by atoms with Crippen LogP contribution in [0.1, 0.15) is 19.4 Å². The number of guanidine groups is 1. The summed E-state index contributed by atoms with van der Waals surface area (Å²) < 4.78 is 10.4. The number of amides is 1. The summed E-state index contributed by atoms with van der Waals surface area (Å²) in [6.07, 6.45) is -0.238. The molecule has 2 rings (SSSR count). The van der Waals surface area contributed by atoms with Crippen LogP contribution in [0.3, 0.4) is 0 Å². The van der Waals surface area contributed by atoms with E-state index in [4.69, 9.17) is 14.5 Å². The van der Waals surface area contributed by atoms with Crippen LogP contribution in [-0.4, -0.2) is 68.3 Å². The van der Waals surface area contributed by atoms with Gasteiger partial charge in [-0.15, -0.1) is 24.0 Å². The molecule has 0 saturated carbocycles. The van der Waals surface area contributed by atoms with Crippen molar-refractivity contribution < 1.29 is 14.3 Å². The molecule has 0 spiro atoms. The van der Waals surface area contributed by atoms with Gasteiger partial charge >= 0.3 is 6.09 Å². The Bertz CT molecular complexity index is 590. The molecule has 1 amide bonds. The predicted octanol–water partition coefficient (Wildman–Crippen LogP) is 2.55. The maximum absolute atomic E-state index is 11.8. The molecule has 1 aliphatic heterocycles. The first-order chi connectivity index (χ1) is 12.2. The molecule has 0 atom stereocenters. The number of hydrogen-bond acceptors (Lipinski definition) is 4. The van der Waals surface area contributed by atoms with E-state index in [0.29, 0.717) is 26.2 Å². The highest BCUT2D eigenvalue weighted by molar-refractivity contribution is 14.0. The van der Waals surface area contributed by atoms with Crippen LogP contribution in [-0.2, 0) is 11.3 Å². The number of nitrogens with zero attached hydrogens (tertiary/aromatic N) is 3. The fourth-order valence-corrected chi connectivity index (χ4v) is 2.74. The summed E-state index contributed by atoms with van der Waals surface area (Å²) in [5.41, 5.74) is 1.05. The lowest BCUT2D eigenvalue weighted by molar-refractivity contribution is 0.0914. The Balaban J connectivity index is 0.00000338. The predicted molar refractivity (Wildman–Crippen MR) is 113 cm³/mol. The second kappa shape index (κ2) is 11.8. The molecule has 146 valence electrons. The second-order valence-corrected chi connectivity index (χ2v) is 5.66. The molecule has 1 N–H and O–H groups in total. The quantitative estimate of drug-likeness (QED) is 0.402. The number of rotatable bonds is 5. The van der Waals surface area contributed by atoms with E-state index in [0.717, 1.165) is 36.9 Å². The van der Waals surface area contributed by atoms with Crippen LogP contribution in [0.4, 0.5) is 4.79 Å². The number of halogens is 1. The number of hydrogen-bond donors (Lipinski definition) is 1. The van der Waals surface area contributed by atoms with Crippen LogP contribution in [0.15, 0.2) is 29.3 Å². The van der Waals surface area contributed by atoms with Gasteiger partial charge in [0.15, 0.2) is 5.96 Å². The Hall–Kier alpha value is -1.71. The van der Waals surface area contributed by atoms with Gasteiger partial charge in [0, 0.05) is 38.3 Å². The highest BCUT2D eigenvalue weighted by atomic mass is 127. The van der Waals surface area contributed by atoms with Crippen molar-refractivity contribution in [2.24, 2.45) is 4.99 Å². The van der Waals surface area contributed by atoms with Crippen molar-refractivity contribution in [3.05, 3.63) is 29.8 Å². The normalized spacial score (nSPS) is 14.5. The summed E-state index contributed by atoms with van der Waals surface area (Å²) in [5, 5.41) is 3.33. The number of aliphatic imine (C=N–C) groups is 1. The second-order valence-electron chi connectivity index (χ2n) is 5.66. The first kappa shape index (κ1) is 22.3. The molecule has 26 heavy (non-hydrogen) atoms. The minimum atomic E-state index is -0.238. The van der Waals surface area contributed by atoms with E-state index in [1.54, 1.807) is 12.0 Å². The lowest BCUT2D eigenvalue weighted by Gasteiger charge is -2.35. The summed E-state index contributed by atoms with van der Waals surface area (Å²) in [6.45, 7) is 8.35. The first-order valence-corrected chi connectivity index (χ1v) is 8.76. The van der Waals surface area contributed by atoms with Crippen molar-refractivity contribution in [2.45, 2.75) is 20.4 Å². The number of carbonyl (C=O) groups excluding carboxylic acids is 1. The third-order valence-electron chi connectivity index (χ3n) is 4.03. The highest BCUT2D eigenvalue weighted by Crippen LogP contribution is 2.18. The Morgan fingerprint density at radius 1 is 1.15 bits per heavy atom. The van der Waals surface area contributed by atoms with Crippen LogP contribution >= 0.6 is 24.0 Å². The zero-order valence-corrected chi connectivity index (χ0v) is 18.1. The van der Waals surface area contributed by atoms with Gasteiger partial charge in [0.1, 0.15) is 5.75 Å². The van der Waals surface area contributed by atoms with E-state index in [1.807, 2.05) is 38.1 Å². The molecule has 0 aliphatic carbocycles. The molecule has 1 fully saturated rings. The zero-order valence-electron chi connectivity index (χ0n) is 15.7. The minimum Gasteiger partial charge on any atom is -0.496 e. The van der Waals surface area contributed by atoms with Crippen molar-refractivity contribution in [3.8, 4) is 5.75 Å². The molecule has 1 aromatic carbocycles. The van der Waals surface area contributed by atoms with Crippen LogP contribution in [0.5, 0.6) is 5.75 Å². The lowest BCUT2D eigenvalue weighted by atomic mass is 10.2. The Kier molecular flexibility index (Phi) is 10.2. The fourth-order valence-electron chi connectivity index (χ4n) is 2.74. The van der Waals surface area contributed by atoms with Gasteiger partial charge in [0.25, 0.3) is 0 Å². The van der Waals surface area contributed by atoms with Gasteiger partial charge in [-0.1, -0.05) is 18.2 Å². The molecule has 0 unspecified atom stereocenters. The van der Waals surface area contributed by atoms with Crippen molar-refractivity contribution in [1.29, 1.82) is 0 Å². The Labute approximate surface area is 172 Å². The molecule has 1 aromatic rings. The smallest absolute Gasteiger partial charge is 0.409 e. The van der Waals surface area contributed by atoms with Crippen LogP contribution in [0, 0.1) is 0 Å². The number of piperazine rings is 1. The molecular weight excluding hydrogens is 447 g/mol. The summed E-state index contributed by atoms with van der Waals surface area (Å²) >= 11 is 0. The number of ether oxygens (including phenoxy) is 2. The molecule has 0 bridgehead atoms. The van der Waals surface area contributed by atoms with E-state index >= 15 is 0 Å². The summed E-state index contributed by atoms with van der Waals surface area (Å²) in [4.78, 5) is 20.5. The number of para-hydroxylation sites is 1. The van der Waals surface area contributed by atoms with Crippen molar-refractivity contribution in [3.63, 3.8) is 0 Å². The lowest BCUT2D eigenvalue weighted by Crippen LogP contribution is -2.53. The van der Waals surface area contributed by atoms with Crippen LogP contribution < -0.4 is 10.1 Å². The molecule has 1 aliphatic rings. The highest BCUT2D eigenvalue weighted by Gasteiger charge is 2.23. The van der Waals surface area contributed by atoms with Crippen molar-refractivity contribution in [1.82, 2.24) is 15.1 Å². The molecule has 0 radical (unpaired) electrons. The third kappa shape index (κ3) is 6.22. The van der Waals surface area contributed by atoms with E-state index in [-0.39, 0.29) is 30.1 Å². The van der Waals surface area contributed by atoms with E-state index in [2.05, 4.69) is 10.2 Å². The van der Waals surface area contributed by atoms with E-state index in [9.17, 15) is 4.79 Å². The molecular formula is C18H29IN4O3. The molecule has 1 heterocycles. The summed E-state index contributed by atoms with van der Waals surface area (Å²) in [5.74, 6) is 1.70. The van der Waals surface area contributed by atoms with E-state index < -0.39 is 0 Å². The average molecular weight is 476 g/mol. The molecule has 1 saturated heterocycles. The van der Waals surface area contributed by atoms with Gasteiger partial charge in [0.2, 0.25) is 0 Å². The zero-order chi connectivity index (χ0) is 18.1. The standard InChI is InChI=1S/C18H28N4O3.HI/c1-4-19-17(20-14-15-8-6-7-9-16(15)24-3)21-10-12-22(13-11-21)18(23)25-5-2;/h6-9H,4-5,10-14H2,1-3H3,(H,19,20);1H. The van der Waals surface area contributed by atoms with Gasteiger partial charge in [-0.05, 0) is 19.9 Å². The molecule has 0 aromatic heterocycles. The SMILES string of the molecule is CCNC(=NCc1ccccc1OC)N1CCN(C(=O)OCC)CC1.I. The summed E-state index contributed by atoms with van der Waals surface area (Å²) in [6, 6.07) is 7.89. The van der Waals surface area contributed by atoms with Crippen LogP contribution in [0.25, 0.3) is 0 Å². The maximum Gasteiger partial charge on any atom is 0.409 e. The Morgan fingerprint density at radius 2 is 1.81 bits per heavy atom. The van der Waals surface area contributed by atoms with Gasteiger partial charge in [-0.25, -0.2) is 9.79 Å². The largest absolute Gasteiger partial charge is 0.496 e. The molecule has 8 heteroatoms. The van der Waals surface area contributed by atoms with Gasteiger partial charge in [-0.3, -0.25) is 0 Å². The minimum absolute atomic E-state index is 0. The van der Waals surface area contributed by atoms with E-state index in [1.165, 1.54) is 0 Å². The van der Waals surface area contributed by atoms with Crippen molar-refractivity contribution >= 4 is 36.0 Å². The van der Waals surface area contributed by atoms with Gasteiger partial charge in [0.05, 0.1) is 20.3 Å². The van der Waals surface area contributed by atoms with Gasteiger partial charge < -0.3 is 24.6 Å². The first-order valence-electron chi connectivity index (χ1n) is 8.76. The number of methoxy groups -OCH3 is 1. The average Bonchev–Trinajstić information content (AvgIpc) is 2.65. The number of benzene rings is 1. The number of carbonyl (C=O) groups is 1. The number of nitrogens with one attached hydrogen (secondary N) is 1. The maximum atomic E-state index is 11.8.